The van der Waals surface area contributed by atoms with E-state index in [1.165, 1.54) is 0 Å². The van der Waals surface area contributed by atoms with Crippen molar-refractivity contribution < 1.29 is 14.4 Å². The minimum atomic E-state index is -0.536. The molecule has 118 valence electrons. The molecule has 8 heteroatoms. The number of hydrogen-bond donors (Lipinski definition) is 1. The molecule has 0 unspecified atom stereocenters. The summed E-state index contributed by atoms with van der Waals surface area (Å²) in [6.07, 6.45) is 1.65. The number of nitro groups is 1. The van der Waals surface area contributed by atoms with E-state index in [4.69, 9.17) is 9.47 Å². The average molecular weight is 298 g/mol. The summed E-state index contributed by atoms with van der Waals surface area (Å²) in [5, 5.41) is 14.4. The molecular formula is C13H22N4O4. The van der Waals surface area contributed by atoms with Crippen LogP contribution in [0.3, 0.4) is 0 Å². The highest BCUT2D eigenvalue weighted by molar-refractivity contribution is 5.62. The van der Waals surface area contributed by atoms with Gasteiger partial charge < -0.3 is 14.8 Å². The predicted molar refractivity (Wildman–Crippen MR) is 79.0 cm³/mol. The molecule has 0 spiro atoms. The quantitative estimate of drug-likeness (QED) is 0.552. The van der Waals surface area contributed by atoms with Gasteiger partial charge in [0.1, 0.15) is 0 Å². The smallest absolute Gasteiger partial charge is 0.373 e. The van der Waals surface area contributed by atoms with E-state index in [1.807, 2.05) is 13.8 Å². The Labute approximate surface area is 124 Å². The van der Waals surface area contributed by atoms with Gasteiger partial charge in [0.05, 0.1) is 18.1 Å². The van der Waals surface area contributed by atoms with Crippen molar-refractivity contribution in [1.29, 1.82) is 0 Å². The van der Waals surface area contributed by atoms with Crippen molar-refractivity contribution >= 4 is 11.5 Å². The third-order valence-corrected chi connectivity index (χ3v) is 2.90. The lowest BCUT2D eigenvalue weighted by Crippen LogP contribution is -2.20. The van der Waals surface area contributed by atoms with E-state index in [0.717, 1.165) is 12.8 Å². The first-order chi connectivity index (χ1) is 10.1. The minimum absolute atomic E-state index is 0.0695. The van der Waals surface area contributed by atoms with Crippen molar-refractivity contribution in [2.24, 2.45) is 0 Å². The number of anilines is 1. The first kappa shape index (κ1) is 16.9. The van der Waals surface area contributed by atoms with Gasteiger partial charge in [-0.15, -0.1) is 0 Å². The number of aromatic nitrogens is 2. The van der Waals surface area contributed by atoms with E-state index >= 15 is 0 Å². The van der Waals surface area contributed by atoms with Crippen molar-refractivity contribution in [3.63, 3.8) is 0 Å². The Morgan fingerprint density at radius 2 is 1.76 bits per heavy atom. The fourth-order valence-electron chi connectivity index (χ4n) is 1.80. The van der Waals surface area contributed by atoms with Gasteiger partial charge in [0.2, 0.25) is 5.82 Å². The normalized spacial score (nSPS) is 10.5. The van der Waals surface area contributed by atoms with Crippen molar-refractivity contribution in [2.45, 2.75) is 46.6 Å². The van der Waals surface area contributed by atoms with E-state index < -0.39 is 4.92 Å². The summed E-state index contributed by atoms with van der Waals surface area (Å²) in [5.74, 6) is 0.0602. The molecule has 1 N–H and O–H groups in total. The molecular weight excluding hydrogens is 276 g/mol. The topological polar surface area (TPSA) is 99.4 Å². The molecule has 0 bridgehead atoms. The SMILES string of the molecule is CCOc1nc(NC(CC)CC)c([N+](=O)[O-])c(OCC)n1. The lowest BCUT2D eigenvalue weighted by molar-refractivity contribution is -0.385. The number of nitrogens with zero attached hydrogens (tertiary/aromatic N) is 3. The molecule has 0 aliphatic heterocycles. The highest BCUT2D eigenvalue weighted by Crippen LogP contribution is 2.34. The number of nitrogens with one attached hydrogen (secondary N) is 1. The molecule has 0 aliphatic carbocycles. The monoisotopic (exact) mass is 298 g/mol. The maximum Gasteiger partial charge on any atom is 0.373 e. The molecule has 0 aliphatic rings. The van der Waals surface area contributed by atoms with Crippen LogP contribution in [0, 0.1) is 10.1 Å². The summed E-state index contributed by atoms with van der Waals surface area (Å²) < 4.78 is 10.5. The molecule has 8 nitrogen and oxygen atoms in total. The zero-order valence-corrected chi connectivity index (χ0v) is 12.9. The Kier molecular flexibility index (Phi) is 6.64. The highest BCUT2D eigenvalue weighted by atomic mass is 16.6. The number of ether oxygens (including phenoxy) is 2. The Morgan fingerprint density at radius 3 is 2.24 bits per heavy atom. The molecule has 0 fully saturated rings. The van der Waals surface area contributed by atoms with Crippen LogP contribution < -0.4 is 14.8 Å². The minimum Gasteiger partial charge on any atom is -0.473 e. The van der Waals surface area contributed by atoms with Crippen LogP contribution in [0.5, 0.6) is 11.9 Å². The van der Waals surface area contributed by atoms with Crippen LogP contribution in [-0.4, -0.2) is 34.1 Å². The van der Waals surface area contributed by atoms with Gasteiger partial charge in [-0.25, -0.2) is 0 Å². The summed E-state index contributed by atoms with van der Waals surface area (Å²) in [5.41, 5.74) is -0.257. The highest BCUT2D eigenvalue weighted by Gasteiger charge is 2.27. The first-order valence-electron chi connectivity index (χ1n) is 7.15. The molecule has 1 aromatic heterocycles. The largest absolute Gasteiger partial charge is 0.473 e. The average Bonchev–Trinajstić information content (AvgIpc) is 2.44. The molecule has 1 heterocycles. The molecule has 0 amide bonds. The Balaban J connectivity index is 3.30. The summed E-state index contributed by atoms with van der Waals surface area (Å²) in [4.78, 5) is 18.8. The molecule has 0 aromatic carbocycles. The summed E-state index contributed by atoms with van der Waals surface area (Å²) >= 11 is 0. The van der Waals surface area contributed by atoms with Gasteiger partial charge in [-0.05, 0) is 26.7 Å². The molecule has 0 saturated carbocycles. The van der Waals surface area contributed by atoms with E-state index in [0.29, 0.717) is 6.61 Å². The lowest BCUT2D eigenvalue weighted by atomic mass is 10.2. The van der Waals surface area contributed by atoms with Gasteiger partial charge in [-0.3, -0.25) is 10.1 Å². The van der Waals surface area contributed by atoms with E-state index in [2.05, 4.69) is 15.3 Å². The zero-order chi connectivity index (χ0) is 15.8. The Morgan fingerprint density at radius 1 is 1.14 bits per heavy atom. The number of rotatable bonds is 9. The van der Waals surface area contributed by atoms with Crippen LogP contribution in [0.15, 0.2) is 0 Å². The second kappa shape index (κ2) is 8.23. The maximum absolute atomic E-state index is 11.3. The molecule has 1 aromatic rings. The van der Waals surface area contributed by atoms with Crippen LogP contribution in [0.25, 0.3) is 0 Å². The van der Waals surface area contributed by atoms with Crippen LogP contribution in [0.4, 0.5) is 11.5 Å². The fourth-order valence-corrected chi connectivity index (χ4v) is 1.80. The Bertz CT molecular complexity index is 477. The molecule has 0 saturated heterocycles. The summed E-state index contributed by atoms with van der Waals surface area (Å²) in [6, 6.07) is 0.155. The van der Waals surface area contributed by atoms with Gasteiger partial charge in [0.15, 0.2) is 0 Å². The van der Waals surface area contributed by atoms with Crippen molar-refractivity contribution in [3.8, 4) is 11.9 Å². The van der Waals surface area contributed by atoms with Crippen LogP contribution in [0.1, 0.15) is 40.5 Å². The van der Waals surface area contributed by atoms with Gasteiger partial charge >= 0.3 is 17.6 Å². The van der Waals surface area contributed by atoms with E-state index in [-0.39, 0.29) is 36.0 Å². The van der Waals surface area contributed by atoms with E-state index in [1.54, 1.807) is 13.8 Å². The van der Waals surface area contributed by atoms with Crippen molar-refractivity contribution in [1.82, 2.24) is 9.97 Å². The fraction of sp³-hybridized carbons (Fsp3) is 0.692. The summed E-state index contributed by atoms with van der Waals surface area (Å²) in [6.45, 7) is 8.17. The van der Waals surface area contributed by atoms with Crippen LogP contribution in [0.2, 0.25) is 0 Å². The van der Waals surface area contributed by atoms with Crippen molar-refractivity contribution in [3.05, 3.63) is 10.1 Å². The molecule has 21 heavy (non-hydrogen) atoms. The third-order valence-electron chi connectivity index (χ3n) is 2.90. The van der Waals surface area contributed by atoms with E-state index in [9.17, 15) is 10.1 Å². The van der Waals surface area contributed by atoms with Gasteiger partial charge in [0.25, 0.3) is 0 Å². The third kappa shape index (κ3) is 4.44. The molecule has 0 radical (unpaired) electrons. The first-order valence-corrected chi connectivity index (χ1v) is 7.15. The zero-order valence-electron chi connectivity index (χ0n) is 12.9. The van der Waals surface area contributed by atoms with Crippen molar-refractivity contribution in [2.75, 3.05) is 18.5 Å². The number of hydrogen-bond acceptors (Lipinski definition) is 7. The maximum atomic E-state index is 11.3. The molecule has 0 atom stereocenters. The lowest BCUT2D eigenvalue weighted by Gasteiger charge is -2.16. The molecule has 1 rings (SSSR count). The predicted octanol–water partition coefficient (Wildman–Crippen LogP) is 2.78. The summed E-state index contributed by atoms with van der Waals surface area (Å²) in [7, 11) is 0. The van der Waals surface area contributed by atoms with Gasteiger partial charge in [-0.2, -0.15) is 9.97 Å². The van der Waals surface area contributed by atoms with Crippen LogP contribution in [-0.2, 0) is 0 Å². The van der Waals surface area contributed by atoms with Crippen LogP contribution >= 0.6 is 0 Å². The standard InChI is InChI=1S/C13H22N4O4/c1-5-9(6-2)14-11-10(17(18)19)12(20-7-3)16-13(15-11)21-8-4/h9H,5-8H2,1-4H3,(H,14,15,16). The second-order valence-corrected chi connectivity index (χ2v) is 4.29. The van der Waals surface area contributed by atoms with Gasteiger partial charge in [-0.1, -0.05) is 13.8 Å². The van der Waals surface area contributed by atoms with Gasteiger partial charge in [0, 0.05) is 6.04 Å². The Hall–Kier alpha value is -2.12. The second-order valence-electron chi connectivity index (χ2n) is 4.29.